The fraction of sp³-hybridized carbons (Fsp3) is 0.190. The van der Waals surface area contributed by atoms with E-state index in [1.165, 1.54) is 24.3 Å². The molecule has 10 nitrogen and oxygen atoms in total. The highest BCUT2D eigenvalue weighted by Crippen LogP contribution is 2.49. The van der Waals surface area contributed by atoms with Crippen molar-refractivity contribution in [2.24, 2.45) is 0 Å². The summed E-state index contributed by atoms with van der Waals surface area (Å²) in [6.45, 7) is -1.01. The minimum Gasteiger partial charge on any atom is -0.434 e. The lowest BCUT2D eigenvalue weighted by Gasteiger charge is -2.16. The highest BCUT2D eigenvalue weighted by molar-refractivity contribution is 7.57. The third kappa shape index (κ3) is 8.83. The van der Waals surface area contributed by atoms with Gasteiger partial charge >= 0.3 is 19.5 Å². The first-order valence-electron chi connectivity index (χ1n) is 9.48. The highest BCUT2D eigenvalue weighted by Gasteiger charge is 2.23. The lowest BCUT2D eigenvalue weighted by atomic mass is 10.2. The van der Waals surface area contributed by atoms with Gasteiger partial charge in [0.1, 0.15) is 11.6 Å². The van der Waals surface area contributed by atoms with Gasteiger partial charge in [-0.25, -0.2) is 23.4 Å². The van der Waals surface area contributed by atoms with Crippen LogP contribution in [0.1, 0.15) is 27.6 Å². The first kappa shape index (κ1) is 26.8. The Bertz CT molecular complexity index is 1010. The molecule has 0 aromatic heterocycles. The number of hydrogen-bond acceptors (Lipinski definition) is 9. The van der Waals surface area contributed by atoms with Gasteiger partial charge in [0.25, 0.3) is 0 Å². The van der Waals surface area contributed by atoms with Crippen molar-refractivity contribution in [1.82, 2.24) is 5.06 Å². The predicted molar refractivity (Wildman–Crippen MR) is 111 cm³/mol. The maximum atomic E-state index is 13.0. The fourth-order valence-electron chi connectivity index (χ4n) is 2.17. The van der Waals surface area contributed by atoms with Gasteiger partial charge in [-0.05, 0) is 48.5 Å². The van der Waals surface area contributed by atoms with Crippen molar-refractivity contribution >= 4 is 25.4 Å². The smallest absolute Gasteiger partial charge is 0.359 e. The van der Waals surface area contributed by atoms with E-state index in [-0.39, 0.29) is 17.7 Å². The topological polar surface area (TPSA) is 129 Å². The summed E-state index contributed by atoms with van der Waals surface area (Å²) < 4.78 is 58.4. The number of benzene rings is 2. The van der Waals surface area contributed by atoms with Crippen molar-refractivity contribution in [3.05, 3.63) is 83.2 Å². The number of amides is 1. The van der Waals surface area contributed by atoms with Crippen LogP contribution in [-0.2, 0) is 27.9 Å². The zero-order valence-corrected chi connectivity index (χ0v) is 18.7. The Morgan fingerprint density at radius 1 is 0.882 bits per heavy atom. The minimum absolute atomic E-state index is 0.00176. The second-order valence-corrected chi connectivity index (χ2v) is 8.29. The van der Waals surface area contributed by atoms with Crippen molar-refractivity contribution < 1.29 is 51.5 Å². The standard InChI is InChI=1S/C21H20F2NO9P/c1-15(25)24(28)11-2-12-34(29,32-13-30-20(26)16-3-7-18(22)8-4-16)33-14-31-21(27)17-5-9-19(23)10-6-17/h2-10,12,28H,11,13-14H2,1H3/b12-2+. The third-order valence-corrected chi connectivity index (χ3v) is 5.44. The molecule has 0 atom stereocenters. The molecule has 182 valence electrons. The number of ether oxygens (including phenoxy) is 2. The summed E-state index contributed by atoms with van der Waals surface area (Å²) >= 11 is 0. The monoisotopic (exact) mass is 499 g/mol. The largest absolute Gasteiger partial charge is 0.434 e. The van der Waals surface area contributed by atoms with Gasteiger partial charge in [-0.1, -0.05) is 6.08 Å². The molecule has 0 saturated heterocycles. The number of carbonyl (C=O) groups is 3. The molecule has 13 heteroatoms. The Balaban J connectivity index is 1.97. The third-order valence-electron chi connectivity index (χ3n) is 3.94. The molecule has 0 bridgehead atoms. The molecule has 1 amide bonds. The van der Waals surface area contributed by atoms with Crippen molar-refractivity contribution in [2.45, 2.75) is 6.92 Å². The Morgan fingerprint density at radius 2 is 1.29 bits per heavy atom. The van der Waals surface area contributed by atoms with Gasteiger partial charge in [0, 0.05) is 12.7 Å². The van der Waals surface area contributed by atoms with Crippen LogP contribution in [0.3, 0.4) is 0 Å². The summed E-state index contributed by atoms with van der Waals surface area (Å²) in [5.74, 6) is -2.77. The van der Waals surface area contributed by atoms with Crippen LogP contribution in [0.25, 0.3) is 0 Å². The van der Waals surface area contributed by atoms with Crippen LogP contribution in [0.15, 0.2) is 60.4 Å². The number of halogens is 2. The second kappa shape index (κ2) is 12.7. The van der Waals surface area contributed by atoms with E-state index in [2.05, 4.69) is 0 Å². The van der Waals surface area contributed by atoms with Crippen molar-refractivity contribution in [3.63, 3.8) is 0 Å². The van der Waals surface area contributed by atoms with Crippen LogP contribution >= 0.6 is 7.60 Å². The van der Waals surface area contributed by atoms with Crippen LogP contribution < -0.4 is 0 Å². The maximum Gasteiger partial charge on any atom is 0.359 e. The number of hydroxylamine groups is 2. The van der Waals surface area contributed by atoms with Crippen LogP contribution in [0.4, 0.5) is 8.78 Å². The Morgan fingerprint density at radius 3 is 1.68 bits per heavy atom. The van der Waals surface area contributed by atoms with Crippen molar-refractivity contribution in [2.75, 3.05) is 20.1 Å². The lowest BCUT2D eigenvalue weighted by molar-refractivity contribution is -0.160. The number of rotatable bonds is 11. The zero-order valence-electron chi connectivity index (χ0n) is 17.8. The maximum absolute atomic E-state index is 13.0. The number of esters is 2. The van der Waals surface area contributed by atoms with E-state index < -0.39 is 50.7 Å². The molecule has 0 aliphatic carbocycles. The lowest BCUT2D eigenvalue weighted by Crippen LogP contribution is -2.24. The molecule has 1 N–H and O–H groups in total. The van der Waals surface area contributed by atoms with Crippen LogP contribution in [0.2, 0.25) is 0 Å². The molecule has 0 fully saturated rings. The average Bonchev–Trinajstić information content (AvgIpc) is 2.79. The molecule has 2 aromatic carbocycles. The van der Waals surface area contributed by atoms with Gasteiger partial charge < -0.3 is 9.47 Å². The van der Waals surface area contributed by atoms with Crippen LogP contribution in [0, 0.1) is 11.6 Å². The number of hydrogen-bond donors (Lipinski definition) is 1. The second-order valence-electron chi connectivity index (χ2n) is 6.40. The van der Waals surface area contributed by atoms with E-state index in [1.54, 1.807) is 0 Å². The summed E-state index contributed by atoms with van der Waals surface area (Å²) in [4.78, 5) is 35.0. The molecule has 0 spiro atoms. The van der Waals surface area contributed by atoms with Gasteiger partial charge in [0.2, 0.25) is 19.5 Å². The normalized spacial score (nSPS) is 11.3. The Labute approximate surface area is 192 Å². The average molecular weight is 499 g/mol. The minimum atomic E-state index is -4.22. The molecule has 34 heavy (non-hydrogen) atoms. The van der Waals surface area contributed by atoms with E-state index in [0.717, 1.165) is 43.1 Å². The van der Waals surface area contributed by atoms with Crippen LogP contribution in [0.5, 0.6) is 0 Å². The molecule has 0 saturated carbocycles. The Hall–Kier alpha value is -3.44. The van der Waals surface area contributed by atoms with E-state index >= 15 is 0 Å². The van der Waals surface area contributed by atoms with E-state index in [4.69, 9.17) is 18.5 Å². The quantitative estimate of drug-likeness (QED) is 0.161. The highest BCUT2D eigenvalue weighted by atomic mass is 31.2. The fourth-order valence-corrected chi connectivity index (χ4v) is 3.17. The van der Waals surface area contributed by atoms with E-state index in [1.807, 2.05) is 0 Å². The Kier molecular flexibility index (Phi) is 10.0. The van der Waals surface area contributed by atoms with Crippen LogP contribution in [-0.4, -0.2) is 48.2 Å². The predicted octanol–water partition coefficient (Wildman–Crippen LogP) is 3.87. The van der Waals surface area contributed by atoms with Crippen molar-refractivity contribution in [1.29, 1.82) is 0 Å². The van der Waals surface area contributed by atoms with Gasteiger partial charge in [-0.3, -0.25) is 23.6 Å². The van der Waals surface area contributed by atoms with Crippen molar-refractivity contribution in [3.8, 4) is 0 Å². The summed E-state index contributed by atoms with van der Waals surface area (Å²) in [5, 5.41) is 9.69. The first-order valence-corrected chi connectivity index (χ1v) is 11.1. The van der Waals surface area contributed by atoms with E-state index in [0.29, 0.717) is 5.06 Å². The summed E-state index contributed by atoms with van der Waals surface area (Å²) in [7, 11) is -4.22. The molecular formula is C21H20F2NO9P. The molecule has 0 heterocycles. The zero-order chi connectivity index (χ0) is 25.1. The number of nitrogens with zero attached hydrogens (tertiary/aromatic N) is 1. The van der Waals surface area contributed by atoms with Gasteiger partial charge in [-0.2, -0.15) is 0 Å². The molecule has 2 aromatic rings. The molecule has 0 aliphatic heterocycles. The van der Waals surface area contributed by atoms with Gasteiger partial charge in [0.15, 0.2) is 0 Å². The van der Waals surface area contributed by atoms with Gasteiger partial charge in [0.05, 0.1) is 17.7 Å². The number of carbonyl (C=O) groups excluding carboxylic acids is 3. The molecule has 0 aliphatic rings. The summed E-state index contributed by atoms with van der Waals surface area (Å²) in [5.41, 5.74) is 0.00352. The van der Waals surface area contributed by atoms with Gasteiger partial charge in [-0.15, -0.1) is 0 Å². The summed E-state index contributed by atoms with van der Waals surface area (Å²) in [6.07, 6.45) is 1.08. The SMILES string of the molecule is CC(=O)N(O)C/C=C/P(=O)(OCOC(=O)c1ccc(F)cc1)OCOC(=O)c1ccc(F)cc1. The first-order chi connectivity index (χ1) is 16.1. The molecule has 2 rings (SSSR count). The van der Waals surface area contributed by atoms with E-state index in [9.17, 15) is 32.9 Å². The molecular weight excluding hydrogens is 479 g/mol. The molecule has 0 radical (unpaired) electrons. The summed E-state index contributed by atoms with van der Waals surface area (Å²) in [6, 6.07) is 8.83. The molecule has 0 unspecified atom stereocenters.